The lowest BCUT2D eigenvalue weighted by molar-refractivity contribution is -0.127. The number of alkyl halides is 2. The average Bonchev–Trinajstić information content (AvgIpc) is 2.70. The molecule has 8 heteroatoms. The van der Waals surface area contributed by atoms with Gasteiger partial charge in [-0.15, -0.1) is 0 Å². The molecule has 1 saturated heterocycles. The molecule has 29 heavy (non-hydrogen) atoms. The van der Waals surface area contributed by atoms with Crippen molar-refractivity contribution < 1.29 is 22.7 Å². The lowest BCUT2D eigenvalue weighted by Crippen LogP contribution is -2.47. The summed E-state index contributed by atoms with van der Waals surface area (Å²) in [5, 5.41) is 0.399. The molecule has 0 spiro atoms. The van der Waals surface area contributed by atoms with Crippen LogP contribution in [0.1, 0.15) is 11.1 Å². The Labute approximate surface area is 172 Å². The number of nitrogens with zero attached hydrogens (tertiary/aromatic N) is 2. The number of benzene rings is 2. The highest BCUT2D eigenvalue weighted by Crippen LogP contribution is 2.21. The SMILES string of the molecule is O=C(/C=C\c1ccc(OC(F)F)cc1)N1CCN(Cc2c(F)cccc2Cl)CC1. The summed E-state index contributed by atoms with van der Waals surface area (Å²) in [6.07, 6.45) is 3.08. The molecule has 0 radical (unpaired) electrons. The minimum atomic E-state index is -2.87. The fourth-order valence-electron chi connectivity index (χ4n) is 3.07. The monoisotopic (exact) mass is 424 g/mol. The van der Waals surface area contributed by atoms with E-state index in [1.54, 1.807) is 35.2 Å². The highest BCUT2D eigenvalue weighted by atomic mass is 35.5. The molecule has 0 saturated carbocycles. The van der Waals surface area contributed by atoms with E-state index < -0.39 is 6.61 Å². The summed E-state index contributed by atoms with van der Waals surface area (Å²) in [5.41, 5.74) is 1.17. The number of hydrogen-bond acceptors (Lipinski definition) is 3. The summed E-state index contributed by atoms with van der Waals surface area (Å²) in [6.45, 7) is -0.192. The lowest BCUT2D eigenvalue weighted by Gasteiger charge is -2.34. The van der Waals surface area contributed by atoms with Crippen LogP contribution in [0, 0.1) is 5.82 Å². The molecule has 2 aromatic rings. The molecule has 0 N–H and O–H groups in total. The minimum absolute atomic E-state index is 0.0644. The van der Waals surface area contributed by atoms with Crippen LogP contribution in [-0.2, 0) is 11.3 Å². The molecule has 0 unspecified atom stereocenters. The van der Waals surface area contributed by atoms with Gasteiger partial charge in [0.1, 0.15) is 11.6 Å². The van der Waals surface area contributed by atoms with Crippen molar-refractivity contribution in [2.75, 3.05) is 26.2 Å². The minimum Gasteiger partial charge on any atom is -0.435 e. The molecule has 1 aliphatic heterocycles. The quantitative estimate of drug-likeness (QED) is 0.643. The Morgan fingerprint density at radius 2 is 1.79 bits per heavy atom. The molecule has 0 bridgehead atoms. The van der Waals surface area contributed by atoms with Crippen molar-refractivity contribution in [3.05, 3.63) is 70.5 Å². The van der Waals surface area contributed by atoms with E-state index in [2.05, 4.69) is 9.64 Å². The maximum Gasteiger partial charge on any atom is 0.387 e. The van der Waals surface area contributed by atoms with Crippen LogP contribution in [0.2, 0.25) is 5.02 Å². The van der Waals surface area contributed by atoms with E-state index in [4.69, 9.17) is 11.6 Å². The largest absolute Gasteiger partial charge is 0.435 e. The first-order valence-corrected chi connectivity index (χ1v) is 9.47. The van der Waals surface area contributed by atoms with Gasteiger partial charge in [0, 0.05) is 49.4 Å². The van der Waals surface area contributed by atoms with E-state index in [-0.39, 0.29) is 17.5 Å². The van der Waals surface area contributed by atoms with Crippen molar-refractivity contribution in [1.82, 2.24) is 9.80 Å². The van der Waals surface area contributed by atoms with Crippen molar-refractivity contribution in [2.24, 2.45) is 0 Å². The third-order valence-corrected chi connectivity index (χ3v) is 5.01. The number of amides is 1. The standard InChI is InChI=1S/C21H20ClF3N2O2/c22-18-2-1-3-19(23)17(18)14-26-10-12-27(13-11-26)20(28)9-6-15-4-7-16(8-5-15)29-21(24)25/h1-9,21H,10-14H2/b9-6-. The van der Waals surface area contributed by atoms with Crippen molar-refractivity contribution in [3.8, 4) is 5.75 Å². The zero-order chi connectivity index (χ0) is 20.8. The van der Waals surface area contributed by atoms with Gasteiger partial charge in [-0.2, -0.15) is 8.78 Å². The van der Waals surface area contributed by atoms with Gasteiger partial charge in [0.05, 0.1) is 0 Å². The van der Waals surface area contributed by atoms with Gasteiger partial charge in [0.25, 0.3) is 0 Å². The Balaban J connectivity index is 1.50. The molecular weight excluding hydrogens is 405 g/mol. The Morgan fingerprint density at radius 3 is 2.41 bits per heavy atom. The van der Waals surface area contributed by atoms with Crippen LogP contribution >= 0.6 is 11.6 Å². The van der Waals surface area contributed by atoms with Crippen LogP contribution in [0.4, 0.5) is 13.2 Å². The molecule has 1 fully saturated rings. The fraction of sp³-hybridized carbons (Fsp3) is 0.286. The first-order chi connectivity index (χ1) is 13.9. The molecule has 0 aromatic heterocycles. The van der Waals surface area contributed by atoms with Crippen molar-refractivity contribution in [1.29, 1.82) is 0 Å². The van der Waals surface area contributed by atoms with Crippen molar-refractivity contribution in [2.45, 2.75) is 13.2 Å². The Hall–Kier alpha value is -2.51. The summed E-state index contributed by atoms with van der Waals surface area (Å²) in [4.78, 5) is 16.1. The van der Waals surface area contributed by atoms with E-state index in [0.29, 0.717) is 48.9 Å². The van der Waals surface area contributed by atoms with Gasteiger partial charge in [-0.3, -0.25) is 9.69 Å². The lowest BCUT2D eigenvalue weighted by atomic mass is 10.1. The average molecular weight is 425 g/mol. The highest BCUT2D eigenvalue weighted by molar-refractivity contribution is 6.31. The second-order valence-electron chi connectivity index (χ2n) is 6.58. The zero-order valence-corrected chi connectivity index (χ0v) is 16.3. The normalized spacial score (nSPS) is 15.3. The first-order valence-electron chi connectivity index (χ1n) is 9.09. The first kappa shape index (κ1) is 21.2. The number of rotatable bonds is 6. The second kappa shape index (κ2) is 9.80. The fourth-order valence-corrected chi connectivity index (χ4v) is 3.29. The van der Waals surface area contributed by atoms with E-state index >= 15 is 0 Å². The summed E-state index contributed by atoms with van der Waals surface area (Å²) in [7, 11) is 0. The van der Waals surface area contributed by atoms with Gasteiger partial charge in [0.2, 0.25) is 5.91 Å². The molecule has 0 aliphatic carbocycles. The third kappa shape index (κ3) is 5.98. The van der Waals surface area contributed by atoms with Gasteiger partial charge < -0.3 is 9.64 Å². The number of carbonyl (C=O) groups is 1. The van der Waals surface area contributed by atoms with E-state index in [1.807, 2.05) is 0 Å². The Bertz CT molecular complexity index is 846. The van der Waals surface area contributed by atoms with Gasteiger partial charge in [0.15, 0.2) is 0 Å². The molecule has 0 atom stereocenters. The maximum absolute atomic E-state index is 13.9. The highest BCUT2D eigenvalue weighted by Gasteiger charge is 2.21. The van der Waals surface area contributed by atoms with E-state index in [9.17, 15) is 18.0 Å². The smallest absolute Gasteiger partial charge is 0.387 e. The van der Waals surface area contributed by atoms with Crippen LogP contribution in [0.25, 0.3) is 6.08 Å². The van der Waals surface area contributed by atoms with Crippen molar-refractivity contribution in [3.63, 3.8) is 0 Å². The van der Waals surface area contributed by atoms with Gasteiger partial charge in [-0.25, -0.2) is 4.39 Å². The van der Waals surface area contributed by atoms with Crippen molar-refractivity contribution >= 4 is 23.6 Å². The zero-order valence-electron chi connectivity index (χ0n) is 15.5. The molecule has 1 amide bonds. The molecule has 1 aliphatic rings. The predicted octanol–water partition coefficient (Wildman–Crippen LogP) is 4.44. The second-order valence-corrected chi connectivity index (χ2v) is 6.99. The van der Waals surface area contributed by atoms with Crippen LogP contribution < -0.4 is 4.74 Å². The third-order valence-electron chi connectivity index (χ3n) is 4.65. The number of carbonyl (C=O) groups excluding carboxylic acids is 1. The van der Waals surface area contributed by atoms with Gasteiger partial charge in [-0.1, -0.05) is 29.8 Å². The Kier molecular flexibility index (Phi) is 7.17. The van der Waals surface area contributed by atoms with Crippen LogP contribution in [-0.4, -0.2) is 48.5 Å². The van der Waals surface area contributed by atoms with E-state index in [1.165, 1.54) is 24.3 Å². The van der Waals surface area contributed by atoms with Crippen LogP contribution in [0.15, 0.2) is 48.5 Å². The Morgan fingerprint density at radius 1 is 1.10 bits per heavy atom. The van der Waals surface area contributed by atoms with Crippen LogP contribution in [0.3, 0.4) is 0 Å². The number of hydrogen-bond donors (Lipinski definition) is 0. The molecule has 154 valence electrons. The number of piperazine rings is 1. The summed E-state index contributed by atoms with van der Waals surface area (Å²) in [5.74, 6) is -0.403. The summed E-state index contributed by atoms with van der Waals surface area (Å²) >= 11 is 6.08. The topological polar surface area (TPSA) is 32.8 Å². The molecule has 1 heterocycles. The van der Waals surface area contributed by atoms with E-state index in [0.717, 1.165) is 0 Å². The number of ether oxygens (including phenoxy) is 1. The molecule has 2 aromatic carbocycles. The molecule has 3 rings (SSSR count). The maximum atomic E-state index is 13.9. The van der Waals surface area contributed by atoms with Gasteiger partial charge >= 0.3 is 6.61 Å². The van der Waals surface area contributed by atoms with Gasteiger partial charge in [-0.05, 0) is 35.9 Å². The molecular formula is C21H20ClF3N2O2. The predicted molar refractivity (Wildman–Crippen MR) is 105 cm³/mol. The number of halogens is 4. The van der Waals surface area contributed by atoms with Crippen LogP contribution in [0.5, 0.6) is 5.75 Å². The summed E-state index contributed by atoms with van der Waals surface area (Å²) in [6, 6.07) is 10.7. The summed E-state index contributed by atoms with van der Waals surface area (Å²) < 4.78 is 42.5. The molecule has 4 nitrogen and oxygen atoms in total.